The number of benzene rings is 1. The lowest BCUT2D eigenvalue weighted by molar-refractivity contribution is 0.122. The fourth-order valence-corrected chi connectivity index (χ4v) is 3.65. The standard InChI is InChI=1S/C18H22N6O2S/c1-3-15-19-16(26-22-15)12-27-18-21-20-17(23-8-10-25-11-9-23)24(18)14-6-4-13(2)5-7-14/h4-7H,3,8-12H2,1-2H3. The summed E-state index contributed by atoms with van der Waals surface area (Å²) in [5.74, 6) is 2.72. The van der Waals surface area contributed by atoms with E-state index >= 15 is 0 Å². The molecule has 9 heteroatoms. The number of ether oxygens (including phenoxy) is 1. The molecule has 1 aromatic carbocycles. The van der Waals surface area contributed by atoms with Gasteiger partial charge in [-0.3, -0.25) is 4.57 Å². The maximum Gasteiger partial charge on any atom is 0.237 e. The molecule has 0 spiro atoms. The minimum absolute atomic E-state index is 0.556. The third kappa shape index (κ3) is 3.98. The Morgan fingerprint density at radius 2 is 1.89 bits per heavy atom. The maximum atomic E-state index is 5.48. The molecule has 0 radical (unpaired) electrons. The largest absolute Gasteiger partial charge is 0.378 e. The van der Waals surface area contributed by atoms with Crippen LogP contribution in [0.5, 0.6) is 0 Å². The number of aromatic nitrogens is 5. The number of hydrogen-bond acceptors (Lipinski definition) is 8. The first-order chi connectivity index (χ1) is 13.2. The second-order valence-electron chi connectivity index (χ2n) is 6.30. The Hall–Kier alpha value is -2.39. The summed E-state index contributed by atoms with van der Waals surface area (Å²) < 4.78 is 12.9. The molecule has 0 N–H and O–H groups in total. The Labute approximate surface area is 161 Å². The van der Waals surface area contributed by atoms with Gasteiger partial charge in [0.25, 0.3) is 0 Å². The predicted molar refractivity (Wildman–Crippen MR) is 102 cm³/mol. The van der Waals surface area contributed by atoms with Crippen molar-refractivity contribution >= 4 is 17.7 Å². The summed E-state index contributed by atoms with van der Waals surface area (Å²) in [5, 5.41) is 13.7. The molecule has 0 saturated carbocycles. The molecule has 1 aliphatic rings. The molecule has 27 heavy (non-hydrogen) atoms. The highest BCUT2D eigenvalue weighted by Gasteiger charge is 2.22. The van der Waals surface area contributed by atoms with Crippen molar-refractivity contribution in [3.05, 3.63) is 41.5 Å². The summed E-state index contributed by atoms with van der Waals surface area (Å²) in [7, 11) is 0. The van der Waals surface area contributed by atoms with Crippen molar-refractivity contribution in [1.29, 1.82) is 0 Å². The molecule has 3 aromatic rings. The van der Waals surface area contributed by atoms with Gasteiger partial charge in [-0.25, -0.2) is 0 Å². The minimum atomic E-state index is 0.556. The SMILES string of the molecule is CCc1noc(CSc2nnc(N3CCOCC3)n2-c2ccc(C)cc2)n1. The maximum absolute atomic E-state index is 5.48. The highest BCUT2D eigenvalue weighted by Crippen LogP contribution is 2.29. The first-order valence-corrected chi connectivity index (χ1v) is 10.0. The molecule has 1 aliphatic heterocycles. The van der Waals surface area contributed by atoms with Gasteiger partial charge in [0.15, 0.2) is 11.0 Å². The lowest BCUT2D eigenvalue weighted by Crippen LogP contribution is -2.37. The molecule has 0 atom stereocenters. The van der Waals surface area contributed by atoms with E-state index in [0.29, 0.717) is 24.9 Å². The highest BCUT2D eigenvalue weighted by molar-refractivity contribution is 7.98. The number of thioether (sulfide) groups is 1. The zero-order valence-corrected chi connectivity index (χ0v) is 16.3. The molecule has 2 aromatic heterocycles. The predicted octanol–water partition coefficient (Wildman–Crippen LogP) is 2.65. The van der Waals surface area contributed by atoms with Crippen molar-refractivity contribution in [3.63, 3.8) is 0 Å². The van der Waals surface area contributed by atoms with Gasteiger partial charge in [-0.15, -0.1) is 10.2 Å². The van der Waals surface area contributed by atoms with Gasteiger partial charge in [0.05, 0.1) is 24.7 Å². The van der Waals surface area contributed by atoms with E-state index in [1.807, 2.05) is 6.92 Å². The average Bonchev–Trinajstić information content (AvgIpc) is 3.34. The van der Waals surface area contributed by atoms with Crippen LogP contribution in [0.3, 0.4) is 0 Å². The van der Waals surface area contributed by atoms with Crippen LogP contribution < -0.4 is 4.90 Å². The van der Waals surface area contributed by atoms with Crippen molar-refractivity contribution < 1.29 is 9.26 Å². The topological polar surface area (TPSA) is 82.1 Å². The van der Waals surface area contributed by atoms with Gasteiger partial charge in [0.1, 0.15) is 0 Å². The Morgan fingerprint density at radius 3 is 2.59 bits per heavy atom. The summed E-state index contributed by atoms with van der Waals surface area (Å²) in [6.07, 6.45) is 0.759. The minimum Gasteiger partial charge on any atom is -0.378 e. The van der Waals surface area contributed by atoms with Crippen LogP contribution in [0.4, 0.5) is 5.95 Å². The molecular weight excluding hydrogens is 364 g/mol. The van der Waals surface area contributed by atoms with Gasteiger partial charge in [-0.1, -0.05) is 41.5 Å². The van der Waals surface area contributed by atoms with Gasteiger partial charge < -0.3 is 14.2 Å². The molecule has 0 unspecified atom stereocenters. The van der Waals surface area contributed by atoms with Crippen LogP contribution >= 0.6 is 11.8 Å². The van der Waals surface area contributed by atoms with E-state index in [9.17, 15) is 0 Å². The van der Waals surface area contributed by atoms with E-state index in [1.165, 1.54) is 5.56 Å². The number of rotatable bonds is 6. The third-order valence-electron chi connectivity index (χ3n) is 4.35. The van der Waals surface area contributed by atoms with Crippen molar-refractivity contribution in [3.8, 4) is 5.69 Å². The molecular formula is C18H22N6O2S. The molecule has 0 bridgehead atoms. The second-order valence-corrected chi connectivity index (χ2v) is 7.24. The van der Waals surface area contributed by atoms with E-state index in [2.05, 4.69) is 61.0 Å². The first kappa shape index (κ1) is 18.0. The summed E-state index contributed by atoms with van der Waals surface area (Å²) in [4.78, 5) is 6.58. The van der Waals surface area contributed by atoms with Crippen LogP contribution in [-0.4, -0.2) is 51.2 Å². The van der Waals surface area contributed by atoms with Crippen molar-refractivity contribution in [2.24, 2.45) is 0 Å². The van der Waals surface area contributed by atoms with Crippen LogP contribution in [-0.2, 0) is 16.9 Å². The van der Waals surface area contributed by atoms with E-state index in [-0.39, 0.29) is 0 Å². The van der Waals surface area contributed by atoms with Gasteiger partial charge in [0.2, 0.25) is 11.8 Å². The molecule has 8 nitrogen and oxygen atoms in total. The fraction of sp³-hybridized carbons (Fsp3) is 0.444. The Kier molecular flexibility index (Phi) is 5.40. The second kappa shape index (κ2) is 8.10. The Morgan fingerprint density at radius 1 is 1.11 bits per heavy atom. The van der Waals surface area contributed by atoms with Crippen LogP contribution in [0.25, 0.3) is 5.69 Å². The highest BCUT2D eigenvalue weighted by atomic mass is 32.2. The summed E-state index contributed by atoms with van der Waals surface area (Å²) >= 11 is 1.54. The number of nitrogens with zero attached hydrogens (tertiary/aromatic N) is 6. The van der Waals surface area contributed by atoms with Crippen molar-refractivity contribution in [1.82, 2.24) is 24.9 Å². The summed E-state index contributed by atoms with van der Waals surface area (Å²) in [6, 6.07) is 8.37. The monoisotopic (exact) mass is 386 g/mol. The third-order valence-corrected chi connectivity index (χ3v) is 5.27. The zero-order chi connectivity index (χ0) is 18.6. The summed E-state index contributed by atoms with van der Waals surface area (Å²) in [6.45, 7) is 7.09. The zero-order valence-electron chi connectivity index (χ0n) is 15.5. The number of anilines is 1. The first-order valence-electron chi connectivity index (χ1n) is 9.04. The molecule has 0 amide bonds. The number of aryl methyl sites for hydroxylation is 2. The van der Waals surface area contributed by atoms with Gasteiger partial charge in [0, 0.05) is 19.5 Å². The quantitative estimate of drug-likeness (QED) is 0.598. The lowest BCUT2D eigenvalue weighted by atomic mass is 10.2. The molecule has 1 saturated heterocycles. The van der Waals surface area contributed by atoms with Gasteiger partial charge in [-0.05, 0) is 19.1 Å². The number of hydrogen-bond donors (Lipinski definition) is 0. The molecule has 0 aliphatic carbocycles. The van der Waals surface area contributed by atoms with E-state index in [4.69, 9.17) is 9.26 Å². The van der Waals surface area contributed by atoms with Crippen LogP contribution in [0, 0.1) is 6.92 Å². The van der Waals surface area contributed by atoms with Gasteiger partial charge >= 0.3 is 0 Å². The molecule has 3 heterocycles. The van der Waals surface area contributed by atoms with E-state index in [1.54, 1.807) is 11.8 Å². The Balaban J connectivity index is 1.63. The van der Waals surface area contributed by atoms with Crippen LogP contribution in [0.1, 0.15) is 24.2 Å². The van der Waals surface area contributed by atoms with E-state index in [0.717, 1.165) is 42.1 Å². The van der Waals surface area contributed by atoms with Crippen LogP contribution in [0.2, 0.25) is 0 Å². The average molecular weight is 386 g/mol. The normalized spacial score (nSPS) is 14.7. The number of morpholine rings is 1. The summed E-state index contributed by atoms with van der Waals surface area (Å²) in [5.41, 5.74) is 2.25. The lowest BCUT2D eigenvalue weighted by Gasteiger charge is -2.27. The fourth-order valence-electron chi connectivity index (χ4n) is 2.86. The van der Waals surface area contributed by atoms with Gasteiger partial charge in [-0.2, -0.15) is 4.98 Å². The Bertz CT molecular complexity index is 886. The molecule has 142 valence electrons. The van der Waals surface area contributed by atoms with Crippen LogP contribution in [0.15, 0.2) is 33.9 Å². The molecule has 1 fully saturated rings. The van der Waals surface area contributed by atoms with E-state index < -0.39 is 0 Å². The van der Waals surface area contributed by atoms with Crippen molar-refractivity contribution in [2.75, 3.05) is 31.2 Å². The van der Waals surface area contributed by atoms with Crippen molar-refractivity contribution in [2.45, 2.75) is 31.2 Å². The smallest absolute Gasteiger partial charge is 0.237 e. The molecule has 4 rings (SSSR count).